The molecule has 3 aromatic rings. The number of halogens is 1. The summed E-state index contributed by atoms with van der Waals surface area (Å²) in [7, 11) is -4.05. The molecule has 3 aromatic carbocycles. The fourth-order valence-electron chi connectivity index (χ4n) is 3.26. The van der Waals surface area contributed by atoms with Gasteiger partial charge in [0.05, 0.1) is 15.4 Å². The number of fused-ring (bicyclic) bond motifs is 2. The minimum absolute atomic E-state index is 0.0460. The van der Waals surface area contributed by atoms with Crippen molar-refractivity contribution >= 4 is 33.4 Å². The lowest BCUT2D eigenvalue weighted by Crippen LogP contribution is -2.43. The molecule has 172 valence electrons. The van der Waals surface area contributed by atoms with E-state index in [2.05, 4.69) is 5.43 Å². The molecule has 0 aromatic heterocycles. The number of ether oxygens (including phenoxy) is 1. The van der Waals surface area contributed by atoms with Crippen molar-refractivity contribution in [3.63, 3.8) is 0 Å². The van der Waals surface area contributed by atoms with Gasteiger partial charge in [0, 0.05) is 16.7 Å². The molecule has 0 aliphatic carbocycles. The minimum Gasteiger partial charge on any atom is -0.452 e. The van der Waals surface area contributed by atoms with Crippen LogP contribution in [0, 0.1) is 5.82 Å². The molecule has 0 spiro atoms. The summed E-state index contributed by atoms with van der Waals surface area (Å²) in [5, 5.41) is 0. The molecule has 0 radical (unpaired) electrons. The zero-order chi connectivity index (χ0) is 24.5. The van der Waals surface area contributed by atoms with E-state index in [0.29, 0.717) is 0 Å². The maximum Gasteiger partial charge on any atom is 0.338 e. The number of carbonyl (C=O) groups excluding carboxylic acids is 4. The number of sulfone groups is 1. The van der Waals surface area contributed by atoms with Crippen molar-refractivity contribution in [1.29, 1.82) is 0 Å². The maximum absolute atomic E-state index is 12.9. The van der Waals surface area contributed by atoms with Crippen LogP contribution in [-0.2, 0) is 19.4 Å². The second-order valence-corrected chi connectivity index (χ2v) is 9.01. The number of esters is 1. The summed E-state index contributed by atoms with van der Waals surface area (Å²) in [5.74, 6) is -3.62. The van der Waals surface area contributed by atoms with E-state index in [4.69, 9.17) is 4.74 Å². The fraction of sp³-hybridized carbons (Fsp3) is 0.0435. The summed E-state index contributed by atoms with van der Waals surface area (Å²) < 4.78 is 43.6. The number of amides is 2. The van der Waals surface area contributed by atoms with E-state index in [1.54, 1.807) is 6.07 Å². The molecule has 4 rings (SSSR count). The van der Waals surface area contributed by atoms with Gasteiger partial charge in [0.1, 0.15) is 5.82 Å². The van der Waals surface area contributed by atoms with Crippen LogP contribution in [0.4, 0.5) is 4.39 Å². The summed E-state index contributed by atoms with van der Waals surface area (Å²) in [6.45, 7) is -0.784. The van der Waals surface area contributed by atoms with E-state index in [-0.39, 0.29) is 32.0 Å². The Morgan fingerprint density at radius 3 is 2.21 bits per heavy atom. The first kappa shape index (κ1) is 22.8. The molecule has 0 fully saturated rings. The van der Waals surface area contributed by atoms with Crippen LogP contribution < -0.4 is 10.9 Å². The highest BCUT2D eigenvalue weighted by atomic mass is 32.2. The molecule has 9 nitrogen and oxygen atoms in total. The number of carbonyl (C=O) groups is 4. The molecule has 0 atom stereocenters. The van der Waals surface area contributed by atoms with Gasteiger partial charge in [0.15, 0.2) is 12.4 Å². The predicted molar refractivity (Wildman–Crippen MR) is 114 cm³/mol. The van der Waals surface area contributed by atoms with Gasteiger partial charge >= 0.3 is 5.97 Å². The minimum atomic E-state index is -4.05. The van der Waals surface area contributed by atoms with Crippen molar-refractivity contribution in [2.45, 2.75) is 9.79 Å². The SMILES string of the molecule is O=C(COC(=O)c1ccc2c(c1)S(=O)(=O)c1ccccc1C2=O)NNC(=O)c1ccc(F)cc1. The lowest BCUT2D eigenvalue weighted by Gasteiger charge is -2.19. The van der Waals surface area contributed by atoms with Gasteiger partial charge < -0.3 is 4.74 Å². The van der Waals surface area contributed by atoms with Gasteiger partial charge in [-0.15, -0.1) is 0 Å². The zero-order valence-electron chi connectivity index (χ0n) is 17.2. The van der Waals surface area contributed by atoms with Gasteiger partial charge in [-0.2, -0.15) is 0 Å². The predicted octanol–water partition coefficient (Wildman–Crippen LogP) is 1.82. The Balaban J connectivity index is 1.41. The van der Waals surface area contributed by atoms with Gasteiger partial charge in [0.25, 0.3) is 11.8 Å². The number of rotatable bonds is 4. The topological polar surface area (TPSA) is 136 Å². The first-order chi connectivity index (χ1) is 16.2. The Bertz CT molecular complexity index is 1450. The third-order valence-electron chi connectivity index (χ3n) is 4.93. The molecule has 1 aliphatic heterocycles. The lowest BCUT2D eigenvalue weighted by molar-refractivity contribution is -0.125. The molecule has 1 aliphatic rings. The molecule has 34 heavy (non-hydrogen) atoms. The number of benzene rings is 3. The molecule has 0 saturated heterocycles. The van der Waals surface area contributed by atoms with E-state index in [1.165, 1.54) is 42.5 Å². The maximum atomic E-state index is 12.9. The Hall–Kier alpha value is -4.38. The Labute approximate surface area is 192 Å². The second kappa shape index (κ2) is 8.87. The molecule has 0 unspecified atom stereocenters. The summed E-state index contributed by atoms with van der Waals surface area (Å²) in [4.78, 5) is 48.3. The highest BCUT2D eigenvalue weighted by Gasteiger charge is 2.35. The third-order valence-corrected chi connectivity index (χ3v) is 6.78. The highest BCUT2D eigenvalue weighted by Crippen LogP contribution is 2.34. The van der Waals surface area contributed by atoms with E-state index < -0.39 is 45.8 Å². The van der Waals surface area contributed by atoms with Gasteiger partial charge in [-0.3, -0.25) is 25.2 Å². The monoisotopic (exact) mass is 482 g/mol. The van der Waals surface area contributed by atoms with E-state index in [0.717, 1.165) is 18.2 Å². The molecular formula is C23H15FN2O7S. The number of hydrogen-bond acceptors (Lipinski definition) is 7. The Morgan fingerprint density at radius 1 is 0.824 bits per heavy atom. The highest BCUT2D eigenvalue weighted by molar-refractivity contribution is 7.91. The molecule has 11 heteroatoms. The molecule has 0 bridgehead atoms. The van der Waals surface area contributed by atoms with Crippen molar-refractivity contribution in [3.05, 3.63) is 94.8 Å². The standard InChI is InChI=1S/C23H15FN2O7S/c24-15-8-5-13(6-9-15)22(29)26-25-20(27)12-33-23(30)14-7-10-17-19(11-14)34(31,32)18-4-2-1-3-16(18)21(17)28/h1-11H,12H2,(H,25,27)(H,26,29). The first-order valence-electron chi connectivity index (χ1n) is 9.73. The van der Waals surface area contributed by atoms with E-state index >= 15 is 0 Å². The molecular weight excluding hydrogens is 467 g/mol. The van der Waals surface area contributed by atoms with Crippen molar-refractivity contribution in [3.8, 4) is 0 Å². The quantitative estimate of drug-likeness (QED) is 0.335. The van der Waals surface area contributed by atoms with Crippen molar-refractivity contribution in [1.82, 2.24) is 10.9 Å². The molecule has 2 N–H and O–H groups in total. The number of hydrazine groups is 1. The van der Waals surface area contributed by atoms with Crippen LogP contribution in [0.2, 0.25) is 0 Å². The van der Waals surface area contributed by atoms with Gasteiger partial charge in [-0.05, 0) is 54.6 Å². The Morgan fingerprint density at radius 2 is 1.47 bits per heavy atom. The summed E-state index contributed by atoms with van der Waals surface area (Å²) in [5.41, 5.74) is 3.99. The van der Waals surface area contributed by atoms with Gasteiger partial charge in [-0.1, -0.05) is 12.1 Å². The summed E-state index contributed by atoms with van der Waals surface area (Å²) in [6, 6.07) is 13.8. The summed E-state index contributed by atoms with van der Waals surface area (Å²) in [6.07, 6.45) is 0. The fourth-order valence-corrected chi connectivity index (χ4v) is 4.94. The van der Waals surface area contributed by atoms with Gasteiger partial charge in [0.2, 0.25) is 9.84 Å². The van der Waals surface area contributed by atoms with Crippen LogP contribution in [0.25, 0.3) is 0 Å². The van der Waals surface area contributed by atoms with Crippen molar-refractivity contribution < 1.29 is 36.7 Å². The van der Waals surface area contributed by atoms with Crippen LogP contribution in [-0.4, -0.2) is 38.6 Å². The Kier molecular flexibility index (Phi) is 5.95. The molecule has 1 heterocycles. The van der Waals surface area contributed by atoms with Crippen LogP contribution in [0.5, 0.6) is 0 Å². The van der Waals surface area contributed by atoms with E-state index in [1.807, 2.05) is 5.43 Å². The summed E-state index contributed by atoms with van der Waals surface area (Å²) >= 11 is 0. The average molecular weight is 482 g/mol. The molecule has 2 amide bonds. The molecule has 0 saturated carbocycles. The lowest BCUT2D eigenvalue weighted by atomic mass is 10.0. The normalized spacial score (nSPS) is 13.3. The first-order valence-corrected chi connectivity index (χ1v) is 11.2. The largest absolute Gasteiger partial charge is 0.452 e. The number of ketones is 1. The van der Waals surface area contributed by atoms with Gasteiger partial charge in [-0.25, -0.2) is 17.6 Å². The second-order valence-electron chi connectivity index (χ2n) is 7.12. The van der Waals surface area contributed by atoms with E-state index in [9.17, 15) is 32.0 Å². The number of hydrogen-bond donors (Lipinski definition) is 2. The van der Waals surface area contributed by atoms with Crippen LogP contribution >= 0.6 is 0 Å². The van der Waals surface area contributed by atoms with Crippen molar-refractivity contribution in [2.24, 2.45) is 0 Å². The average Bonchev–Trinajstić information content (AvgIpc) is 2.84. The zero-order valence-corrected chi connectivity index (χ0v) is 18.0. The number of nitrogens with one attached hydrogen (secondary N) is 2. The van der Waals surface area contributed by atoms with Crippen LogP contribution in [0.3, 0.4) is 0 Å². The van der Waals surface area contributed by atoms with Crippen molar-refractivity contribution in [2.75, 3.05) is 6.61 Å². The smallest absolute Gasteiger partial charge is 0.338 e. The van der Waals surface area contributed by atoms with Crippen LogP contribution in [0.15, 0.2) is 76.5 Å². The van der Waals surface area contributed by atoms with Crippen LogP contribution in [0.1, 0.15) is 36.6 Å². The third kappa shape index (κ3) is 4.28.